The van der Waals surface area contributed by atoms with Crippen LogP contribution in [0, 0.1) is 0 Å². The fourth-order valence-electron chi connectivity index (χ4n) is 3.60. The van der Waals surface area contributed by atoms with Gasteiger partial charge in [-0.3, -0.25) is 0 Å². The van der Waals surface area contributed by atoms with E-state index in [1.54, 1.807) is 17.3 Å². The molecule has 1 amide bonds. The first-order valence-corrected chi connectivity index (χ1v) is 9.71. The number of fused-ring (bicyclic) bond motifs is 1. The van der Waals surface area contributed by atoms with Gasteiger partial charge in [0.15, 0.2) is 0 Å². The Labute approximate surface area is 165 Å². The molecule has 0 N–H and O–H groups in total. The molecule has 4 heterocycles. The molecule has 0 saturated carbocycles. The number of aromatic nitrogens is 2. The molecule has 26 heavy (non-hydrogen) atoms. The van der Waals surface area contributed by atoms with Crippen LogP contribution in [-0.4, -0.2) is 51.7 Å². The van der Waals surface area contributed by atoms with E-state index >= 15 is 0 Å². The highest BCUT2D eigenvalue weighted by molar-refractivity contribution is 9.10. The average molecular weight is 440 g/mol. The second-order valence-electron chi connectivity index (χ2n) is 7.94. The molecule has 0 aromatic carbocycles. The van der Waals surface area contributed by atoms with Gasteiger partial charge in [-0.1, -0.05) is 11.6 Å². The summed E-state index contributed by atoms with van der Waals surface area (Å²) in [5, 5.41) is 2.40. The molecule has 2 saturated heterocycles. The van der Waals surface area contributed by atoms with Gasteiger partial charge in [0.25, 0.3) is 0 Å². The molecule has 2 aromatic rings. The highest BCUT2D eigenvalue weighted by Crippen LogP contribution is 2.44. The van der Waals surface area contributed by atoms with Crippen molar-refractivity contribution >= 4 is 50.2 Å². The fraction of sp³-hybridized carbons (Fsp3) is 0.500. The number of hydrogen-bond acceptors (Lipinski definition) is 5. The zero-order valence-corrected chi connectivity index (χ0v) is 17.3. The van der Waals surface area contributed by atoms with Gasteiger partial charge < -0.3 is 14.5 Å². The van der Waals surface area contributed by atoms with E-state index in [2.05, 4.69) is 30.8 Å². The first-order chi connectivity index (χ1) is 12.2. The predicted molar refractivity (Wildman–Crippen MR) is 105 cm³/mol. The third kappa shape index (κ3) is 2.91. The minimum atomic E-state index is -0.479. The lowest BCUT2D eigenvalue weighted by Crippen LogP contribution is -2.78. The van der Waals surface area contributed by atoms with Gasteiger partial charge in [-0.05, 0) is 49.2 Å². The molecular weight excluding hydrogens is 420 g/mol. The van der Waals surface area contributed by atoms with Crippen molar-refractivity contribution in [1.29, 1.82) is 0 Å². The summed E-state index contributed by atoms with van der Waals surface area (Å²) >= 11 is 9.58. The predicted octanol–water partition coefficient (Wildman–Crippen LogP) is 4.25. The van der Waals surface area contributed by atoms with Gasteiger partial charge in [0.05, 0.1) is 5.54 Å². The maximum absolute atomic E-state index is 12.2. The highest BCUT2D eigenvalue weighted by Gasteiger charge is 2.56. The van der Waals surface area contributed by atoms with Crippen LogP contribution in [0.25, 0.3) is 10.8 Å². The highest BCUT2D eigenvalue weighted by atomic mass is 79.9. The molecule has 1 spiro atoms. The van der Waals surface area contributed by atoms with E-state index in [-0.39, 0.29) is 11.6 Å². The lowest BCUT2D eigenvalue weighted by atomic mass is 9.77. The van der Waals surface area contributed by atoms with Crippen LogP contribution in [0.4, 0.5) is 10.6 Å². The largest absolute Gasteiger partial charge is 0.444 e. The van der Waals surface area contributed by atoms with E-state index in [9.17, 15) is 4.79 Å². The van der Waals surface area contributed by atoms with Crippen molar-refractivity contribution in [1.82, 2.24) is 14.9 Å². The Balaban J connectivity index is 1.57. The van der Waals surface area contributed by atoms with E-state index in [0.717, 1.165) is 34.0 Å². The zero-order valence-electron chi connectivity index (χ0n) is 14.9. The Morgan fingerprint density at radius 3 is 2.62 bits per heavy atom. The van der Waals surface area contributed by atoms with E-state index in [4.69, 9.17) is 16.3 Å². The fourth-order valence-corrected chi connectivity index (χ4v) is 4.19. The number of carbonyl (C=O) groups excluding carboxylic acids is 1. The van der Waals surface area contributed by atoms with Gasteiger partial charge >= 0.3 is 6.09 Å². The number of likely N-dealkylation sites (tertiary alicyclic amines) is 1. The number of carbonyl (C=O) groups is 1. The Morgan fingerprint density at radius 2 is 2.00 bits per heavy atom. The number of ether oxygens (including phenoxy) is 1. The summed E-state index contributed by atoms with van der Waals surface area (Å²) in [6, 6.07) is 1.84. The second-order valence-corrected chi connectivity index (χ2v) is 9.19. The van der Waals surface area contributed by atoms with Gasteiger partial charge in [-0.2, -0.15) is 0 Å². The molecule has 6 nitrogen and oxygen atoms in total. The summed E-state index contributed by atoms with van der Waals surface area (Å²) in [6.45, 7) is 7.86. The molecule has 4 rings (SSSR count). The summed E-state index contributed by atoms with van der Waals surface area (Å²) in [7, 11) is 0. The van der Waals surface area contributed by atoms with Crippen LogP contribution in [0.1, 0.15) is 27.2 Å². The number of nitrogens with zero attached hydrogens (tertiary/aromatic N) is 4. The molecule has 138 valence electrons. The van der Waals surface area contributed by atoms with Gasteiger partial charge in [0, 0.05) is 47.3 Å². The van der Waals surface area contributed by atoms with Gasteiger partial charge in [-0.25, -0.2) is 14.8 Å². The van der Waals surface area contributed by atoms with Gasteiger partial charge in [0.1, 0.15) is 16.6 Å². The van der Waals surface area contributed by atoms with Crippen molar-refractivity contribution in [2.75, 3.05) is 24.5 Å². The van der Waals surface area contributed by atoms with Crippen LogP contribution in [0.3, 0.4) is 0 Å². The van der Waals surface area contributed by atoms with Crippen LogP contribution in [0.5, 0.6) is 0 Å². The van der Waals surface area contributed by atoms with Gasteiger partial charge in [0.2, 0.25) is 0 Å². The van der Waals surface area contributed by atoms with Crippen molar-refractivity contribution in [3.05, 3.63) is 28.1 Å². The van der Waals surface area contributed by atoms with Crippen LogP contribution >= 0.6 is 27.5 Å². The van der Waals surface area contributed by atoms with Crippen LogP contribution in [0.15, 0.2) is 22.9 Å². The van der Waals surface area contributed by atoms with E-state index < -0.39 is 5.60 Å². The summed E-state index contributed by atoms with van der Waals surface area (Å²) in [6.07, 6.45) is 4.34. The molecule has 0 radical (unpaired) electrons. The Kier molecular flexibility index (Phi) is 4.08. The Bertz CT molecular complexity index is 893. The van der Waals surface area contributed by atoms with Gasteiger partial charge in [-0.15, -0.1) is 0 Å². The second kappa shape index (κ2) is 5.96. The third-order valence-electron chi connectivity index (χ3n) is 4.92. The summed E-state index contributed by atoms with van der Waals surface area (Å²) in [4.78, 5) is 25.1. The maximum Gasteiger partial charge on any atom is 0.410 e. The SMILES string of the molecule is CC(C)(C)OC(=O)N1CC2(CCN2c2ncc(Br)c3cc(Cl)ncc23)C1. The summed E-state index contributed by atoms with van der Waals surface area (Å²) < 4.78 is 6.35. The molecule has 2 aliphatic rings. The molecular formula is C18H20BrClN4O2. The molecule has 0 aliphatic carbocycles. The molecule has 8 heteroatoms. The standard InChI is InChI=1S/C18H20BrClN4O2/c1-17(2,3)26-16(25)23-9-18(10-23)4-5-24(18)15-12-7-21-14(20)6-11(12)13(19)8-22-15/h6-8H,4-5,9-10H2,1-3H3. The number of halogens is 2. The normalized spacial score (nSPS) is 18.7. The van der Waals surface area contributed by atoms with Crippen LogP contribution < -0.4 is 4.90 Å². The average Bonchev–Trinajstić information content (AvgIpc) is 2.46. The number of hydrogen-bond donors (Lipinski definition) is 0. The first kappa shape index (κ1) is 17.8. The number of rotatable bonds is 1. The Hall–Kier alpha value is -1.60. The first-order valence-electron chi connectivity index (χ1n) is 8.54. The molecule has 2 aromatic heterocycles. The smallest absolute Gasteiger partial charge is 0.410 e. The van der Waals surface area contributed by atoms with Crippen LogP contribution in [0.2, 0.25) is 5.15 Å². The molecule has 0 bridgehead atoms. The van der Waals surface area contributed by atoms with E-state index in [1.165, 1.54) is 0 Å². The zero-order chi connectivity index (χ0) is 18.7. The summed E-state index contributed by atoms with van der Waals surface area (Å²) in [5.74, 6) is 0.891. The number of anilines is 1. The third-order valence-corrected chi connectivity index (χ3v) is 5.76. The lowest BCUT2D eigenvalue weighted by Gasteiger charge is -2.62. The quantitative estimate of drug-likeness (QED) is 0.622. The van der Waals surface area contributed by atoms with Crippen molar-refractivity contribution in [3.63, 3.8) is 0 Å². The monoisotopic (exact) mass is 438 g/mol. The topological polar surface area (TPSA) is 58.6 Å². The minimum Gasteiger partial charge on any atom is -0.444 e. The summed E-state index contributed by atoms with van der Waals surface area (Å²) in [5.41, 5.74) is -0.530. The van der Waals surface area contributed by atoms with Crippen molar-refractivity contribution in [3.8, 4) is 0 Å². The van der Waals surface area contributed by atoms with Crippen molar-refractivity contribution < 1.29 is 9.53 Å². The van der Waals surface area contributed by atoms with E-state index in [1.807, 2.05) is 26.8 Å². The number of amides is 1. The molecule has 0 atom stereocenters. The van der Waals surface area contributed by atoms with Crippen LogP contribution in [-0.2, 0) is 4.74 Å². The van der Waals surface area contributed by atoms with Crippen molar-refractivity contribution in [2.45, 2.75) is 38.3 Å². The molecule has 0 unspecified atom stereocenters. The molecule has 2 aliphatic heterocycles. The number of pyridine rings is 2. The lowest BCUT2D eigenvalue weighted by molar-refractivity contribution is -0.0222. The maximum atomic E-state index is 12.2. The van der Waals surface area contributed by atoms with E-state index in [0.29, 0.717) is 18.2 Å². The Morgan fingerprint density at radius 1 is 1.27 bits per heavy atom. The minimum absolute atomic E-state index is 0.0513. The van der Waals surface area contributed by atoms with Crippen molar-refractivity contribution in [2.24, 2.45) is 0 Å². The molecule has 2 fully saturated rings.